The first-order chi connectivity index (χ1) is 10.1. The smallest absolute Gasteiger partial charge is 0.222 e. The van der Waals surface area contributed by atoms with E-state index in [4.69, 9.17) is 15.2 Å². The maximum absolute atomic E-state index is 6.07. The Morgan fingerprint density at radius 1 is 1.38 bits per heavy atom. The number of rotatable bonds is 4. The highest BCUT2D eigenvalue weighted by Gasteiger charge is 2.38. The first-order valence-corrected chi connectivity index (χ1v) is 7.72. The minimum atomic E-state index is -0.675. The highest BCUT2D eigenvalue weighted by molar-refractivity contribution is 7.99. The number of anilines is 1. The van der Waals surface area contributed by atoms with Gasteiger partial charge in [-0.15, -0.1) is 10.2 Å². The van der Waals surface area contributed by atoms with E-state index in [0.29, 0.717) is 12.6 Å². The number of thioether (sulfide) groups is 1. The van der Waals surface area contributed by atoms with Gasteiger partial charge in [0.05, 0.1) is 12.7 Å². The molecule has 2 aromatic rings. The van der Waals surface area contributed by atoms with Gasteiger partial charge in [-0.25, -0.2) is 0 Å². The number of nitrogens with zero attached hydrogens (tertiary/aromatic N) is 3. The Morgan fingerprint density at radius 3 is 2.81 bits per heavy atom. The molecule has 2 unspecified atom stereocenters. The van der Waals surface area contributed by atoms with Crippen LogP contribution in [0.3, 0.4) is 0 Å². The average molecular weight is 306 g/mol. The van der Waals surface area contributed by atoms with Gasteiger partial charge in [0.1, 0.15) is 0 Å². The molecule has 0 radical (unpaired) electrons. The lowest BCUT2D eigenvalue weighted by molar-refractivity contribution is -0.159. The first-order valence-electron chi connectivity index (χ1n) is 6.73. The van der Waals surface area contributed by atoms with Gasteiger partial charge in [-0.1, -0.05) is 42.1 Å². The van der Waals surface area contributed by atoms with Crippen molar-refractivity contribution in [3.8, 4) is 0 Å². The summed E-state index contributed by atoms with van der Waals surface area (Å²) in [6, 6.07) is 9.97. The quantitative estimate of drug-likeness (QED) is 0.868. The molecule has 1 aliphatic rings. The summed E-state index contributed by atoms with van der Waals surface area (Å²) in [5.41, 5.74) is 6.69. The molecule has 2 N–H and O–H groups in total. The third kappa shape index (κ3) is 2.90. The van der Waals surface area contributed by atoms with Crippen molar-refractivity contribution in [2.24, 2.45) is 7.05 Å². The minimum Gasteiger partial charge on any atom is -0.368 e. The van der Waals surface area contributed by atoms with Crippen molar-refractivity contribution in [2.45, 2.75) is 24.0 Å². The van der Waals surface area contributed by atoms with Gasteiger partial charge in [0.15, 0.2) is 10.9 Å². The van der Waals surface area contributed by atoms with Crippen LogP contribution in [0.5, 0.6) is 0 Å². The fraction of sp³-hybridized carbons (Fsp3) is 0.429. The van der Waals surface area contributed by atoms with Crippen molar-refractivity contribution in [3.05, 3.63) is 35.9 Å². The summed E-state index contributed by atoms with van der Waals surface area (Å²) in [5.74, 6) is 0.481. The van der Waals surface area contributed by atoms with Crippen LogP contribution >= 0.6 is 11.8 Å². The summed E-state index contributed by atoms with van der Waals surface area (Å²) in [6.07, 6.45) is 0.0122. The Hall–Kier alpha value is -1.57. The maximum Gasteiger partial charge on any atom is 0.222 e. The van der Waals surface area contributed by atoms with Gasteiger partial charge in [-0.3, -0.25) is 4.57 Å². The van der Waals surface area contributed by atoms with E-state index < -0.39 is 5.79 Å². The van der Waals surface area contributed by atoms with E-state index in [1.165, 1.54) is 0 Å². The molecule has 1 saturated heterocycles. The molecule has 2 atom stereocenters. The zero-order chi connectivity index (χ0) is 14.9. The van der Waals surface area contributed by atoms with Gasteiger partial charge >= 0.3 is 0 Å². The third-order valence-electron chi connectivity index (χ3n) is 3.50. The summed E-state index contributed by atoms with van der Waals surface area (Å²) >= 11 is 1.57. The lowest BCUT2D eigenvalue weighted by Gasteiger charge is -2.23. The van der Waals surface area contributed by atoms with Crippen LogP contribution in [0.1, 0.15) is 12.5 Å². The van der Waals surface area contributed by atoms with Crippen molar-refractivity contribution >= 4 is 17.7 Å². The second-order valence-corrected chi connectivity index (χ2v) is 6.06. The second-order valence-electron chi connectivity index (χ2n) is 5.07. The summed E-state index contributed by atoms with van der Waals surface area (Å²) < 4.78 is 13.7. The van der Waals surface area contributed by atoms with E-state index in [1.807, 2.05) is 44.3 Å². The Morgan fingerprint density at radius 2 is 2.14 bits per heavy atom. The van der Waals surface area contributed by atoms with E-state index in [0.717, 1.165) is 16.5 Å². The number of nitrogen functional groups attached to an aromatic ring is 1. The Labute approximate surface area is 127 Å². The summed E-state index contributed by atoms with van der Waals surface area (Å²) in [6.45, 7) is 2.51. The molecule has 6 nitrogen and oxygen atoms in total. The van der Waals surface area contributed by atoms with Crippen molar-refractivity contribution in [3.63, 3.8) is 0 Å². The highest BCUT2D eigenvalue weighted by atomic mass is 32.2. The lowest BCUT2D eigenvalue weighted by Crippen LogP contribution is -2.24. The predicted molar refractivity (Wildman–Crippen MR) is 80.8 cm³/mol. The average Bonchev–Trinajstić information content (AvgIpc) is 3.04. The van der Waals surface area contributed by atoms with E-state index in [9.17, 15) is 0 Å². The summed E-state index contributed by atoms with van der Waals surface area (Å²) in [7, 11) is 1.84. The number of hydrogen-bond donors (Lipinski definition) is 1. The molecule has 0 saturated carbocycles. The zero-order valence-corrected chi connectivity index (χ0v) is 12.8. The van der Waals surface area contributed by atoms with Crippen LogP contribution < -0.4 is 5.73 Å². The maximum atomic E-state index is 6.07. The topological polar surface area (TPSA) is 75.2 Å². The molecule has 0 amide bonds. The van der Waals surface area contributed by atoms with Crippen molar-refractivity contribution in [2.75, 3.05) is 18.1 Å². The van der Waals surface area contributed by atoms with Gasteiger partial charge in [0, 0.05) is 18.4 Å². The number of benzene rings is 1. The van der Waals surface area contributed by atoms with Gasteiger partial charge in [-0.05, 0) is 6.92 Å². The molecular weight excluding hydrogens is 288 g/mol. The molecule has 1 fully saturated rings. The molecule has 1 aromatic carbocycles. The fourth-order valence-corrected chi connectivity index (χ4v) is 3.12. The zero-order valence-electron chi connectivity index (χ0n) is 12.0. The SMILES string of the molecule is Cn1c(N)nnc1SCC1COC(C)(c2ccccc2)O1. The first kappa shape index (κ1) is 14.4. The highest BCUT2D eigenvalue weighted by Crippen LogP contribution is 2.35. The largest absolute Gasteiger partial charge is 0.368 e. The molecule has 2 heterocycles. The fourth-order valence-electron chi connectivity index (χ4n) is 2.23. The Kier molecular flexibility index (Phi) is 3.88. The van der Waals surface area contributed by atoms with E-state index >= 15 is 0 Å². The van der Waals surface area contributed by atoms with Crippen LogP contribution in [-0.4, -0.2) is 33.2 Å². The van der Waals surface area contributed by atoms with Crippen LogP contribution in [0.2, 0.25) is 0 Å². The normalized spacial score (nSPS) is 25.3. The van der Waals surface area contributed by atoms with Gasteiger partial charge < -0.3 is 15.2 Å². The van der Waals surface area contributed by atoms with Crippen molar-refractivity contribution < 1.29 is 9.47 Å². The van der Waals surface area contributed by atoms with Crippen LogP contribution in [0, 0.1) is 0 Å². The molecule has 7 heteroatoms. The van der Waals surface area contributed by atoms with Crippen LogP contribution in [-0.2, 0) is 22.3 Å². The molecule has 0 spiro atoms. The predicted octanol–water partition coefficient (Wildman–Crippen LogP) is 1.78. The Bertz CT molecular complexity index is 619. The summed E-state index contributed by atoms with van der Waals surface area (Å²) in [4.78, 5) is 0. The molecular formula is C14H18N4O2S. The van der Waals surface area contributed by atoms with E-state index in [2.05, 4.69) is 10.2 Å². The minimum absolute atomic E-state index is 0.0122. The third-order valence-corrected chi connectivity index (χ3v) is 4.65. The molecule has 1 aliphatic heterocycles. The van der Waals surface area contributed by atoms with Crippen molar-refractivity contribution in [1.82, 2.24) is 14.8 Å². The lowest BCUT2D eigenvalue weighted by atomic mass is 10.1. The van der Waals surface area contributed by atoms with Crippen molar-refractivity contribution in [1.29, 1.82) is 0 Å². The number of nitrogens with two attached hydrogens (primary N) is 1. The van der Waals surface area contributed by atoms with Crippen LogP contribution in [0.25, 0.3) is 0 Å². The number of aromatic nitrogens is 3. The second kappa shape index (κ2) is 5.67. The van der Waals surface area contributed by atoms with E-state index in [1.54, 1.807) is 16.3 Å². The Balaban J connectivity index is 1.61. The standard InChI is InChI=1S/C14H18N4O2S/c1-14(10-6-4-3-5-7-10)19-8-11(20-14)9-21-13-17-16-12(15)18(13)2/h3-7,11H,8-9H2,1-2H3,(H2,15,16). The van der Waals surface area contributed by atoms with Gasteiger partial charge in [-0.2, -0.15) is 0 Å². The number of ether oxygens (including phenoxy) is 2. The molecule has 0 aliphatic carbocycles. The van der Waals surface area contributed by atoms with Crippen LogP contribution in [0.15, 0.2) is 35.5 Å². The monoisotopic (exact) mass is 306 g/mol. The molecule has 0 bridgehead atoms. The van der Waals surface area contributed by atoms with Gasteiger partial charge in [0.2, 0.25) is 5.95 Å². The molecule has 21 heavy (non-hydrogen) atoms. The van der Waals surface area contributed by atoms with E-state index in [-0.39, 0.29) is 6.10 Å². The van der Waals surface area contributed by atoms with Gasteiger partial charge in [0.25, 0.3) is 0 Å². The molecule has 3 rings (SSSR count). The summed E-state index contributed by atoms with van der Waals surface area (Å²) in [5, 5.41) is 8.64. The molecule has 1 aromatic heterocycles. The van der Waals surface area contributed by atoms with Crippen LogP contribution in [0.4, 0.5) is 5.95 Å². The number of hydrogen-bond acceptors (Lipinski definition) is 6. The molecule has 112 valence electrons.